The predicted octanol–water partition coefficient (Wildman–Crippen LogP) is 5.41. The highest BCUT2D eigenvalue weighted by Gasteiger charge is 2.22. The molecule has 28 heavy (non-hydrogen) atoms. The van der Waals surface area contributed by atoms with Crippen LogP contribution >= 0.6 is 11.3 Å². The van der Waals surface area contributed by atoms with Crippen molar-refractivity contribution >= 4 is 16.5 Å². The first-order valence-electron chi connectivity index (χ1n) is 9.79. The summed E-state index contributed by atoms with van der Waals surface area (Å²) >= 11 is 1.81. The van der Waals surface area contributed by atoms with Crippen LogP contribution in [0.3, 0.4) is 0 Å². The summed E-state index contributed by atoms with van der Waals surface area (Å²) in [6, 6.07) is 16.5. The molecular weight excluding hydrogens is 368 g/mol. The third-order valence-electron chi connectivity index (χ3n) is 5.18. The van der Waals surface area contributed by atoms with Gasteiger partial charge in [-0.15, -0.1) is 11.3 Å². The lowest BCUT2D eigenvalue weighted by Crippen LogP contribution is -2.29. The molecule has 2 aromatic carbocycles. The van der Waals surface area contributed by atoms with Crippen LogP contribution in [-0.2, 0) is 6.42 Å². The number of aromatic nitrogens is 1. The quantitative estimate of drug-likeness (QED) is 0.560. The first-order chi connectivity index (χ1) is 13.8. The van der Waals surface area contributed by atoms with E-state index in [0.29, 0.717) is 0 Å². The number of thiazole rings is 1. The zero-order valence-corrected chi connectivity index (χ0v) is 17.3. The van der Waals surface area contributed by atoms with Crippen molar-refractivity contribution in [2.24, 2.45) is 0 Å². The van der Waals surface area contributed by atoms with E-state index in [1.165, 1.54) is 29.7 Å². The fraction of sp³-hybridized carbons (Fsp3) is 0.348. The SMILES string of the molecule is COc1ccc(OC)c(-c2nc(N3CCCCC3)sc2Cc2ccccc2)c1. The van der Waals surface area contributed by atoms with E-state index in [1.54, 1.807) is 25.6 Å². The van der Waals surface area contributed by atoms with Gasteiger partial charge in [0, 0.05) is 30.0 Å². The van der Waals surface area contributed by atoms with Crippen molar-refractivity contribution in [3.8, 4) is 22.8 Å². The van der Waals surface area contributed by atoms with Gasteiger partial charge < -0.3 is 14.4 Å². The molecule has 1 aliphatic heterocycles. The molecule has 4 nitrogen and oxygen atoms in total. The van der Waals surface area contributed by atoms with Crippen molar-refractivity contribution in [1.29, 1.82) is 0 Å². The van der Waals surface area contributed by atoms with E-state index in [9.17, 15) is 0 Å². The normalized spacial score (nSPS) is 14.1. The van der Waals surface area contributed by atoms with Crippen LogP contribution in [0.1, 0.15) is 29.7 Å². The number of nitrogens with zero attached hydrogens (tertiary/aromatic N) is 2. The van der Waals surface area contributed by atoms with E-state index in [2.05, 4.69) is 35.2 Å². The molecule has 0 aliphatic carbocycles. The minimum absolute atomic E-state index is 0.814. The maximum absolute atomic E-state index is 5.65. The molecule has 0 N–H and O–H groups in total. The summed E-state index contributed by atoms with van der Waals surface area (Å²) in [5.74, 6) is 1.64. The van der Waals surface area contributed by atoms with Crippen LogP contribution in [0.15, 0.2) is 48.5 Å². The van der Waals surface area contributed by atoms with Crippen molar-refractivity contribution in [3.05, 3.63) is 59.0 Å². The molecule has 0 amide bonds. The zero-order chi connectivity index (χ0) is 19.3. The molecule has 0 atom stereocenters. The van der Waals surface area contributed by atoms with E-state index in [0.717, 1.165) is 47.4 Å². The molecule has 1 saturated heterocycles. The van der Waals surface area contributed by atoms with E-state index in [4.69, 9.17) is 14.5 Å². The van der Waals surface area contributed by atoms with Gasteiger partial charge in [-0.05, 0) is 43.0 Å². The van der Waals surface area contributed by atoms with Gasteiger partial charge in [0.1, 0.15) is 11.5 Å². The minimum Gasteiger partial charge on any atom is -0.497 e. The number of ether oxygens (including phenoxy) is 2. The monoisotopic (exact) mass is 394 g/mol. The molecule has 146 valence electrons. The van der Waals surface area contributed by atoms with Crippen LogP contribution < -0.4 is 14.4 Å². The highest BCUT2D eigenvalue weighted by atomic mass is 32.1. The molecule has 5 heteroatoms. The summed E-state index contributed by atoms with van der Waals surface area (Å²) < 4.78 is 11.1. The summed E-state index contributed by atoms with van der Waals surface area (Å²) in [5.41, 5.74) is 3.29. The Labute approximate surface area is 170 Å². The summed E-state index contributed by atoms with van der Waals surface area (Å²) in [7, 11) is 3.40. The van der Waals surface area contributed by atoms with Crippen LogP contribution in [0.4, 0.5) is 5.13 Å². The maximum atomic E-state index is 5.65. The predicted molar refractivity (Wildman–Crippen MR) is 116 cm³/mol. The van der Waals surface area contributed by atoms with Crippen LogP contribution in [0.25, 0.3) is 11.3 Å². The van der Waals surface area contributed by atoms with Crippen molar-refractivity contribution in [2.45, 2.75) is 25.7 Å². The van der Waals surface area contributed by atoms with Gasteiger partial charge in [0.2, 0.25) is 0 Å². The maximum Gasteiger partial charge on any atom is 0.186 e. The number of piperidine rings is 1. The molecule has 2 heterocycles. The summed E-state index contributed by atoms with van der Waals surface area (Å²) in [6.07, 6.45) is 4.66. The van der Waals surface area contributed by atoms with E-state index >= 15 is 0 Å². The van der Waals surface area contributed by atoms with Crippen LogP contribution in [0.5, 0.6) is 11.5 Å². The Morgan fingerprint density at radius 3 is 2.46 bits per heavy atom. The minimum atomic E-state index is 0.814. The van der Waals surface area contributed by atoms with Gasteiger partial charge in [0.05, 0.1) is 19.9 Å². The third kappa shape index (κ3) is 3.99. The largest absolute Gasteiger partial charge is 0.497 e. The van der Waals surface area contributed by atoms with E-state index < -0.39 is 0 Å². The molecule has 3 aromatic rings. The molecule has 0 saturated carbocycles. The molecule has 0 spiro atoms. The number of hydrogen-bond acceptors (Lipinski definition) is 5. The standard InChI is InChI=1S/C23H26N2O2S/c1-26-18-11-12-20(27-2)19(16-18)22-21(15-17-9-5-3-6-10-17)28-23(24-22)25-13-7-4-8-14-25/h3,5-6,9-12,16H,4,7-8,13-15H2,1-2H3. The molecule has 0 unspecified atom stereocenters. The fourth-order valence-corrected chi connectivity index (χ4v) is 4.83. The summed E-state index contributed by atoms with van der Waals surface area (Å²) in [6.45, 7) is 2.18. The van der Waals surface area contributed by atoms with Crippen molar-refractivity contribution in [2.75, 3.05) is 32.2 Å². The van der Waals surface area contributed by atoms with Crippen LogP contribution in [0, 0.1) is 0 Å². The van der Waals surface area contributed by atoms with Crippen molar-refractivity contribution in [3.63, 3.8) is 0 Å². The summed E-state index contributed by atoms with van der Waals surface area (Å²) in [5, 5.41) is 1.12. The van der Waals surface area contributed by atoms with Crippen molar-refractivity contribution in [1.82, 2.24) is 4.98 Å². The first-order valence-corrected chi connectivity index (χ1v) is 10.6. The van der Waals surface area contributed by atoms with Crippen molar-refractivity contribution < 1.29 is 9.47 Å². The molecule has 4 rings (SSSR count). The fourth-order valence-electron chi connectivity index (χ4n) is 3.67. The van der Waals surface area contributed by atoms with Crippen LogP contribution in [0.2, 0.25) is 0 Å². The highest BCUT2D eigenvalue weighted by molar-refractivity contribution is 7.16. The van der Waals surface area contributed by atoms with Crippen LogP contribution in [-0.4, -0.2) is 32.3 Å². The molecule has 0 radical (unpaired) electrons. The average Bonchev–Trinajstić information content (AvgIpc) is 3.18. The van der Waals surface area contributed by atoms with Gasteiger partial charge in [0.25, 0.3) is 0 Å². The summed E-state index contributed by atoms with van der Waals surface area (Å²) in [4.78, 5) is 8.78. The Bertz CT molecular complexity index is 918. The lowest BCUT2D eigenvalue weighted by Gasteiger charge is -2.25. The second-order valence-corrected chi connectivity index (χ2v) is 8.11. The van der Waals surface area contributed by atoms with Gasteiger partial charge in [-0.1, -0.05) is 30.3 Å². The average molecular weight is 395 g/mol. The number of anilines is 1. The molecule has 0 bridgehead atoms. The van der Waals surface area contributed by atoms with Gasteiger partial charge in [-0.3, -0.25) is 0 Å². The Balaban J connectivity index is 1.79. The highest BCUT2D eigenvalue weighted by Crippen LogP contribution is 2.40. The number of methoxy groups -OCH3 is 2. The molecule has 1 aromatic heterocycles. The first kappa shape index (κ1) is 18.8. The van der Waals surface area contributed by atoms with E-state index in [1.807, 2.05) is 18.2 Å². The molecular formula is C23H26N2O2S. The molecule has 1 fully saturated rings. The second kappa shape index (κ2) is 8.65. The van der Waals surface area contributed by atoms with Gasteiger partial charge in [-0.2, -0.15) is 0 Å². The Morgan fingerprint density at radius 2 is 1.75 bits per heavy atom. The Morgan fingerprint density at radius 1 is 0.964 bits per heavy atom. The lowest BCUT2D eigenvalue weighted by molar-refractivity contribution is 0.404. The number of benzene rings is 2. The van der Waals surface area contributed by atoms with E-state index in [-0.39, 0.29) is 0 Å². The Kier molecular flexibility index (Phi) is 5.81. The van der Waals surface area contributed by atoms with Gasteiger partial charge >= 0.3 is 0 Å². The zero-order valence-electron chi connectivity index (χ0n) is 16.5. The van der Waals surface area contributed by atoms with Gasteiger partial charge in [-0.25, -0.2) is 4.98 Å². The lowest BCUT2D eigenvalue weighted by atomic mass is 10.0. The molecule has 1 aliphatic rings. The smallest absolute Gasteiger partial charge is 0.186 e. The topological polar surface area (TPSA) is 34.6 Å². The Hall–Kier alpha value is -2.53. The third-order valence-corrected chi connectivity index (χ3v) is 6.30. The number of rotatable bonds is 6. The number of hydrogen-bond donors (Lipinski definition) is 0. The second-order valence-electron chi connectivity index (χ2n) is 7.04. The van der Waals surface area contributed by atoms with Gasteiger partial charge in [0.15, 0.2) is 5.13 Å².